The zero-order valence-corrected chi connectivity index (χ0v) is 36.7. The lowest BCUT2D eigenvalue weighted by Crippen LogP contribution is -2.61. The molecule has 1 aromatic heterocycles. The Kier molecular flexibility index (Phi) is 16.5. The van der Waals surface area contributed by atoms with Crippen molar-refractivity contribution in [1.29, 1.82) is 0 Å². The number of aliphatic hydroxyl groups excluding tert-OH is 1. The van der Waals surface area contributed by atoms with Gasteiger partial charge < -0.3 is 50.9 Å². The van der Waals surface area contributed by atoms with Gasteiger partial charge in [0, 0.05) is 33.3 Å². The summed E-state index contributed by atoms with van der Waals surface area (Å²) in [6, 6.07) is 2.51. The van der Waals surface area contributed by atoms with Crippen LogP contribution in [0.1, 0.15) is 83.4 Å². The first-order valence-corrected chi connectivity index (χ1v) is 20.8. The van der Waals surface area contributed by atoms with Crippen LogP contribution in [-0.4, -0.2) is 147 Å². The van der Waals surface area contributed by atoms with E-state index in [1.165, 1.54) is 46.3 Å². The highest BCUT2D eigenvalue weighted by Crippen LogP contribution is 2.26. The predicted octanol–water partition coefficient (Wildman–Crippen LogP) is 0.263. The number of amides is 7. The van der Waals surface area contributed by atoms with Crippen LogP contribution in [0.5, 0.6) is 5.75 Å². The lowest BCUT2D eigenvalue weighted by atomic mass is 9.89. The van der Waals surface area contributed by atoms with Gasteiger partial charge in [-0.3, -0.25) is 33.6 Å². The highest BCUT2D eigenvalue weighted by molar-refractivity contribution is 6.00. The quantitative estimate of drug-likeness (QED) is 0.205. The van der Waals surface area contributed by atoms with Crippen molar-refractivity contribution < 1.29 is 53.3 Å². The zero-order chi connectivity index (χ0) is 46.2. The van der Waals surface area contributed by atoms with Crippen LogP contribution < -0.4 is 21.3 Å². The highest BCUT2D eigenvalue weighted by Gasteiger charge is 2.45. The van der Waals surface area contributed by atoms with Gasteiger partial charge in [-0.1, -0.05) is 71.4 Å². The van der Waals surface area contributed by atoms with E-state index in [2.05, 4.69) is 26.3 Å². The smallest absolute Gasteiger partial charge is 0.333 e. The summed E-state index contributed by atoms with van der Waals surface area (Å²) in [5, 5.41) is 31.7. The van der Waals surface area contributed by atoms with Crippen molar-refractivity contribution in [2.75, 3.05) is 27.2 Å². The van der Waals surface area contributed by atoms with Gasteiger partial charge in [0.05, 0.1) is 12.6 Å². The molecule has 2 saturated heterocycles. The van der Waals surface area contributed by atoms with E-state index in [0.717, 1.165) is 14.7 Å². The maximum absolute atomic E-state index is 14.5. The SMILES string of the molecule is CCC(C)C1NC(=O)C(NC(=O)c2ncccc2O)C(C)OC(=O)C(c2ccccc2)N(C)C(=O)C(C)NC(=O)C(C(C)C(C)C)NC(=O)CN(C)C(=O)C2CC(O)CN2C1=O. The summed E-state index contributed by atoms with van der Waals surface area (Å²) >= 11 is 0. The molecule has 0 bridgehead atoms. The fourth-order valence-electron chi connectivity index (χ4n) is 7.43. The number of aliphatic hydroxyl groups is 1. The molecule has 7 amide bonds. The van der Waals surface area contributed by atoms with Crippen LogP contribution in [0.25, 0.3) is 0 Å². The molecule has 3 heterocycles. The summed E-state index contributed by atoms with van der Waals surface area (Å²) in [6.45, 7) is 10.8. The molecule has 1 aromatic carbocycles. The summed E-state index contributed by atoms with van der Waals surface area (Å²) in [6.07, 6.45) is -1.22. The predicted molar refractivity (Wildman–Crippen MR) is 223 cm³/mol. The van der Waals surface area contributed by atoms with Crippen molar-refractivity contribution in [2.45, 2.75) is 110 Å². The maximum Gasteiger partial charge on any atom is 0.333 e. The molecule has 0 radical (unpaired) electrons. The summed E-state index contributed by atoms with van der Waals surface area (Å²) in [5.41, 5.74) is -0.149. The molecule has 10 unspecified atom stereocenters. The van der Waals surface area contributed by atoms with E-state index in [4.69, 9.17) is 4.74 Å². The van der Waals surface area contributed by atoms with Crippen LogP contribution in [0.15, 0.2) is 48.7 Å². The third kappa shape index (κ3) is 11.4. The van der Waals surface area contributed by atoms with Gasteiger partial charge in [-0.05, 0) is 49.3 Å². The van der Waals surface area contributed by atoms with Crippen molar-refractivity contribution in [3.8, 4) is 5.75 Å². The molecule has 4 rings (SSSR count). The number of cyclic esters (lactones) is 1. The van der Waals surface area contributed by atoms with Crippen LogP contribution in [0.2, 0.25) is 0 Å². The number of carbonyl (C=O) groups excluding carboxylic acids is 8. The summed E-state index contributed by atoms with van der Waals surface area (Å²) in [5.74, 6) is -8.28. The summed E-state index contributed by atoms with van der Waals surface area (Å²) < 4.78 is 5.90. The van der Waals surface area contributed by atoms with Crippen LogP contribution >= 0.6 is 0 Å². The second kappa shape index (κ2) is 21.1. The molecule has 0 aliphatic carbocycles. The highest BCUT2D eigenvalue weighted by atomic mass is 16.5. The number of likely N-dealkylation sites (N-methyl/N-ethyl adjacent to an activating group) is 2. The molecule has 19 nitrogen and oxygen atoms in total. The summed E-state index contributed by atoms with van der Waals surface area (Å²) in [4.78, 5) is 120. The van der Waals surface area contributed by atoms with Crippen molar-refractivity contribution >= 4 is 47.3 Å². The second-order valence-corrected chi connectivity index (χ2v) is 16.6. The average molecular weight is 865 g/mol. The van der Waals surface area contributed by atoms with Gasteiger partial charge in [0.2, 0.25) is 35.4 Å². The van der Waals surface area contributed by atoms with E-state index < -0.39 is 126 Å². The standard InChI is InChI=1S/C43H60N8O11/c1-10-23(4)32-42(60)51-20-28(52)19-29(51)41(59)49(8)21-31(54)46-33(24(5)22(2)3)37(55)45-25(6)40(58)50(9)36(27-15-12-11-13-16-27)43(61)62-26(7)34(38(56)47-32)48-39(57)35-30(53)17-14-18-44-35/h11-18,22-26,28-29,32-34,36,52-53H,10,19-21H2,1-9H3,(H,45,55)(H,46,54)(H,47,56)(H,48,57). The second-order valence-electron chi connectivity index (χ2n) is 16.6. The number of hydrogen-bond donors (Lipinski definition) is 6. The Morgan fingerprint density at radius 3 is 2.16 bits per heavy atom. The number of ether oxygens (including phenoxy) is 1. The third-order valence-corrected chi connectivity index (χ3v) is 11.7. The number of hydrogen-bond acceptors (Lipinski definition) is 12. The Balaban J connectivity index is 1.85. The molecule has 10 atom stereocenters. The minimum absolute atomic E-state index is 0.126. The first kappa shape index (κ1) is 48.6. The monoisotopic (exact) mass is 864 g/mol. The van der Waals surface area contributed by atoms with E-state index in [-0.39, 0.29) is 18.9 Å². The minimum Gasteiger partial charge on any atom is -0.505 e. The molecular weight excluding hydrogens is 805 g/mol. The van der Waals surface area contributed by atoms with E-state index in [9.17, 15) is 48.6 Å². The van der Waals surface area contributed by atoms with Gasteiger partial charge in [0.15, 0.2) is 11.7 Å². The van der Waals surface area contributed by atoms with E-state index in [1.807, 2.05) is 13.8 Å². The van der Waals surface area contributed by atoms with Crippen LogP contribution in [0.4, 0.5) is 0 Å². The van der Waals surface area contributed by atoms with Gasteiger partial charge in [-0.2, -0.15) is 0 Å². The Morgan fingerprint density at radius 1 is 0.887 bits per heavy atom. The fourth-order valence-corrected chi connectivity index (χ4v) is 7.43. The Labute approximate surface area is 361 Å². The van der Waals surface area contributed by atoms with Crippen LogP contribution in [0.3, 0.4) is 0 Å². The van der Waals surface area contributed by atoms with E-state index in [0.29, 0.717) is 12.0 Å². The topological polar surface area (TPSA) is 257 Å². The molecular formula is C43H60N8O11. The van der Waals surface area contributed by atoms with Gasteiger partial charge >= 0.3 is 5.97 Å². The first-order chi connectivity index (χ1) is 29.2. The average Bonchev–Trinajstić information content (AvgIpc) is 3.63. The Bertz CT molecular complexity index is 1980. The molecule has 338 valence electrons. The van der Waals surface area contributed by atoms with Crippen LogP contribution in [-0.2, 0) is 38.3 Å². The lowest BCUT2D eigenvalue weighted by molar-refractivity contribution is -0.161. The number of carbonyl (C=O) groups is 8. The molecule has 62 heavy (non-hydrogen) atoms. The largest absolute Gasteiger partial charge is 0.505 e. The molecule has 6 N–H and O–H groups in total. The van der Waals surface area contributed by atoms with E-state index in [1.54, 1.807) is 51.1 Å². The number of fused-ring (bicyclic) bond motifs is 1. The van der Waals surface area contributed by atoms with Gasteiger partial charge in [-0.15, -0.1) is 0 Å². The number of nitrogens with one attached hydrogen (secondary N) is 4. The van der Waals surface area contributed by atoms with Crippen LogP contribution in [0, 0.1) is 17.8 Å². The number of aromatic nitrogens is 1. The zero-order valence-electron chi connectivity index (χ0n) is 36.7. The number of aromatic hydroxyl groups is 1. The number of rotatable bonds is 7. The maximum atomic E-state index is 14.5. The molecule has 19 heteroatoms. The lowest BCUT2D eigenvalue weighted by Gasteiger charge is -2.35. The molecule has 2 aromatic rings. The van der Waals surface area contributed by atoms with Gasteiger partial charge in [-0.25, -0.2) is 9.78 Å². The van der Waals surface area contributed by atoms with Crippen molar-refractivity contribution in [2.24, 2.45) is 17.8 Å². The fraction of sp³-hybridized carbons (Fsp3) is 0.558. The van der Waals surface area contributed by atoms with Gasteiger partial charge in [0.1, 0.15) is 42.1 Å². The Morgan fingerprint density at radius 2 is 1.55 bits per heavy atom. The van der Waals surface area contributed by atoms with Crippen molar-refractivity contribution in [3.05, 3.63) is 59.9 Å². The molecule has 2 fully saturated rings. The first-order valence-electron chi connectivity index (χ1n) is 20.8. The Hall–Kier alpha value is -6.11. The third-order valence-electron chi connectivity index (χ3n) is 11.7. The molecule has 0 saturated carbocycles. The molecule has 2 aliphatic rings. The number of nitrogens with zero attached hydrogens (tertiary/aromatic N) is 4. The number of benzene rings is 1. The van der Waals surface area contributed by atoms with Gasteiger partial charge in [0.25, 0.3) is 5.91 Å². The number of esters is 1. The molecule has 2 aliphatic heterocycles. The normalized spacial score (nSPS) is 27.5. The summed E-state index contributed by atoms with van der Waals surface area (Å²) in [7, 11) is 2.67. The minimum atomic E-state index is -1.74. The van der Waals surface area contributed by atoms with E-state index >= 15 is 0 Å². The van der Waals surface area contributed by atoms with Crippen molar-refractivity contribution in [1.82, 2.24) is 41.0 Å². The molecule has 0 spiro atoms. The van der Waals surface area contributed by atoms with Crippen molar-refractivity contribution in [3.63, 3.8) is 0 Å². The number of pyridine rings is 1.